The van der Waals surface area contributed by atoms with Gasteiger partial charge in [-0.3, -0.25) is 0 Å². The third-order valence-electron chi connectivity index (χ3n) is 3.73. The van der Waals surface area contributed by atoms with Crippen LogP contribution in [0.2, 0.25) is 0 Å². The van der Waals surface area contributed by atoms with E-state index in [4.69, 9.17) is 10.5 Å². The summed E-state index contributed by atoms with van der Waals surface area (Å²) in [5, 5.41) is 0. The molecule has 2 aliphatic heterocycles. The second-order valence-electron chi connectivity index (χ2n) is 4.97. The first-order valence-electron chi connectivity index (χ1n) is 5.80. The molecule has 2 heterocycles. The smallest absolute Gasteiger partial charge is 0.0544 e. The van der Waals surface area contributed by atoms with Gasteiger partial charge < -0.3 is 15.4 Å². The lowest BCUT2D eigenvalue weighted by molar-refractivity contribution is -0.121. The second-order valence-corrected chi connectivity index (χ2v) is 4.97. The molecule has 0 aromatic heterocycles. The van der Waals surface area contributed by atoms with Gasteiger partial charge in [-0.1, -0.05) is 6.92 Å². The molecule has 0 radical (unpaired) electrons. The van der Waals surface area contributed by atoms with Crippen LogP contribution in [0.15, 0.2) is 0 Å². The van der Waals surface area contributed by atoms with E-state index in [-0.39, 0.29) is 0 Å². The zero-order valence-corrected chi connectivity index (χ0v) is 9.17. The Morgan fingerprint density at radius 1 is 1.43 bits per heavy atom. The van der Waals surface area contributed by atoms with Gasteiger partial charge in [0.05, 0.1) is 13.2 Å². The van der Waals surface area contributed by atoms with E-state index in [2.05, 4.69) is 11.8 Å². The van der Waals surface area contributed by atoms with Crippen molar-refractivity contribution in [3.05, 3.63) is 0 Å². The molecule has 0 spiro atoms. The van der Waals surface area contributed by atoms with Gasteiger partial charge in [-0.15, -0.1) is 0 Å². The molecule has 0 aromatic carbocycles. The third-order valence-corrected chi connectivity index (χ3v) is 3.73. The monoisotopic (exact) mass is 198 g/mol. The van der Waals surface area contributed by atoms with Crippen molar-refractivity contribution >= 4 is 0 Å². The van der Waals surface area contributed by atoms with Crippen LogP contribution >= 0.6 is 0 Å². The summed E-state index contributed by atoms with van der Waals surface area (Å²) >= 11 is 0. The zero-order valence-electron chi connectivity index (χ0n) is 9.17. The van der Waals surface area contributed by atoms with Crippen LogP contribution in [0.25, 0.3) is 0 Å². The van der Waals surface area contributed by atoms with Gasteiger partial charge in [-0.25, -0.2) is 0 Å². The molecule has 0 atom stereocenters. The predicted octanol–water partition coefficient (Wildman–Crippen LogP) is 0.836. The van der Waals surface area contributed by atoms with E-state index in [1.54, 1.807) is 0 Å². The molecule has 3 heteroatoms. The summed E-state index contributed by atoms with van der Waals surface area (Å²) in [5.74, 6) is 0. The van der Waals surface area contributed by atoms with Crippen LogP contribution in [-0.4, -0.2) is 43.8 Å². The Bertz CT molecular complexity index is 180. The SMILES string of the molecule is CCC1(CCCN2CC(N)C2)COC1. The van der Waals surface area contributed by atoms with E-state index in [1.165, 1.54) is 25.8 Å². The molecule has 0 amide bonds. The minimum atomic E-state index is 0.446. The van der Waals surface area contributed by atoms with Crippen LogP contribution in [0, 0.1) is 5.41 Å². The van der Waals surface area contributed by atoms with Crippen LogP contribution in [0.3, 0.4) is 0 Å². The first-order valence-corrected chi connectivity index (χ1v) is 5.80. The Morgan fingerprint density at radius 2 is 2.14 bits per heavy atom. The highest BCUT2D eigenvalue weighted by Gasteiger charge is 2.36. The molecule has 2 rings (SSSR count). The Balaban J connectivity index is 1.58. The number of hydrogen-bond donors (Lipinski definition) is 1. The molecule has 0 saturated carbocycles. The first-order chi connectivity index (χ1) is 6.74. The molecular formula is C11H22N2O. The lowest BCUT2D eigenvalue weighted by Crippen LogP contribution is -2.55. The predicted molar refractivity (Wildman–Crippen MR) is 57.2 cm³/mol. The fourth-order valence-electron chi connectivity index (χ4n) is 2.39. The van der Waals surface area contributed by atoms with Gasteiger partial charge in [0.15, 0.2) is 0 Å². The molecule has 0 unspecified atom stereocenters. The third kappa shape index (κ3) is 2.10. The van der Waals surface area contributed by atoms with Crippen molar-refractivity contribution in [3.8, 4) is 0 Å². The van der Waals surface area contributed by atoms with Gasteiger partial charge in [-0.2, -0.15) is 0 Å². The quantitative estimate of drug-likeness (QED) is 0.711. The van der Waals surface area contributed by atoms with Gasteiger partial charge in [0.25, 0.3) is 0 Å². The highest BCUT2D eigenvalue weighted by atomic mass is 16.5. The summed E-state index contributed by atoms with van der Waals surface area (Å²) in [7, 11) is 0. The van der Waals surface area contributed by atoms with E-state index in [0.717, 1.165) is 26.3 Å². The minimum absolute atomic E-state index is 0.446. The van der Waals surface area contributed by atoms with Gasteiger partial charge in [0.1, 0.15) is 0 Å². The number of nitrogens with two attached hydrogens (primary N) is 1. The largest absolute Gasteiger partial charge is 0.380 e. The Hall–Kier alpha value is -0.120. The van der Waals surface area contributed by atoms with Crippen molar-refractivity contribution in [2.24, 2.45) is 11.1 Å². The van der Waals surface area contributed by atoms with Crippen molar-refractivity contribution < 1.29 is 4.74 Å². The van der Waals surface area contributed by atoms with Gasteiger partial charge in [0, 0.05) is 24.5 Å². The van der Waals surface area contributed by atoms with E-state index >= 15 is 0 Å². The normalized spacial score (nSPS) is 27.0. The maximum atomic E-state index is 5.73. The number of ether oxygens (including phenoxy) is 1. The van der Waals surface area contributed by atoms with Crippen molar-refractivity contribution in [2.45, 2.75) is 32.2 Å². The fraction of sp³-hybridized carbons (Fsp3) is 1.00. The molecule has 0 aliphatic carbocycles. The van der Waals surface area contributed by atoms with E-state index < -0.39 is 0 Å². The molecule has 2 N–H and O–H groups in total. The highest BCUT2D eigenvalue weighted by molar-refractivity contribution is 4.86. The molecule has 0 bridgehead atoms. The van der Waals surface area contributed by atoms with Crippen LogP contribution in [0.4, 0.5) is 0 Å². The second kappa shape index (κ2) is 4.17. The van der Waals surface area contributed by atoms with E-state index in [1.807, 2.05) is 0 Å². The van der Waals surface area contributed by atoms with Crippen LogP contribution in [-0.2, 0) is 4.74 Å². The summed E-state index contributed by atoms with van der Waals surface area (Å²) in [4.78, 5) is 2.45. The van der Waals surface area contributed by atoms with Gasteiger partial charge in [-0.05, 0) is 25.8 Å². The molecule has 0 aromatic rings. The minimum Gasteiger partial charge on any atom is -0.380 e. The number of hydrogen-bond acceptors (Lipinski definition) is 3. The van der Waals surface area contributed by atoms with Crippen molar-refractivity contribution in [2.75, 3.05) is 32.8 Å². The number of rotatable bonds is 5. The van der Waals surface area contributed by atoms with Crippen LogP contribution in [0.1, 0.15) is 26.2 Å². The lowest BCUT2D eigenvalue weighted by Gasteiger charge is -2.42. The maximum Gasteiger partial charge on any atom is 0.0544 e. The highest BCUT2D eigenvalue weighted by Crippen LogP contribution is 2.36. The van der Waals surface area contributed by atoms with Gasteiger partial charge in [0.2, 0.25) is 0 Å². The number of likely N-dealkylation sites (tertiary alicyclic amines) is 1. The molecular weight excluding hydrogens is 176 g/mol. The van der Waals surface area contributed by atoms with Crippen molar-refractivity contribution in [1.29, 1.82) is 0 Å². The summed E-state index contributed by atoms with van der Waals surface area (Å²) in [6.45, 7) is 7.70. The van der Waals surface area contributed by atoms with Crippen LogP contribution in [0.5, 0.6) is 0 Å². The summed E-state index contributed by atoms with van der Waals surface area (Å²) < 4.78 is 5.31. The molecule has 82 valence electrons. The molecule has 3 nitrogen and oxygen atoms in total. The van der Waals surface area contributed by atoms with Crippen molar-refractivity contribution in [3.63, 3.8) is 0 Å². The molecule has 2 saturated heterocycles. The summed E-state index contributed by atoms with van der Waals surface area (Å²) in [6.07, 6.45) is 3.91. The topological polar surface area (TPSA) is 38.5 Å². The fourth-order valence-corrected chi connectivity index (χ4v) is 2.39. The first kappa shape index (κ1) is 10.4. The van der Waals surface area contributed by atoms with E-state index in [0.29, 0.717) is 11.5 Å². The Labute approximate surface area is 86.6 Å². The standard InChI is InChI=1S/C11H22N2O/c1-2-11(8-14-9-11)4-3-5-13-6-10(12)7-13/h10H,2-9,12H2,1H3. The lowest BCUT2D eigenvalue weighted by atomic mass is 9.79. The Kier molecular flexibility index (Phi) is 3.10. The molecule has 14 heavy (non-hydrogen) atoms. The molecule has 2 aliphatic rings. The van der Waals surface area contributed by atoms with Gasteiger partial charge >= 0.3 is 0 Å². The average molecular weight is 198 g/mol. The summed E-state index contributed by atoms with van der Waals surface area (Å²) in [5.41, 5.74) is 6.26. The Morgan fingerprint density at radius 3 is 2.57 bits per heavy atom. The zero-order chi connectivity index (χ0) is 10.0. The maximum absolute atomic E-state index is 5.73. The van der Waals surface area contributed by atoms with Crippen molar-refractivity contribution in [1.82, 2.24) is 4.90 Å². The summed E-state index contributed by atoms with van der Waals surface area (Å²) in [6, 6.07) is 0.446. The average Bonchev–Trinajstić information content (AvgIpc) is 2.06. The number of nitrogens with zero attached hydrogens (tertiary/aromatic N) is 1. The van der Waals surface area contributed by atoms with E-state index in [9.17, 15) is 0 Å². The molecule has 2 fully saturated rings. The van der Waals surface area contributed by atoms with Crippen LogP contribution < -0.4 is 5.73 Å².